The maximum atomic E-state index is 12.2. The molecule has 2 heterocycles. The third-order valence-electron chi connectivity index (χ3n) is 3.93. The predicted molar refractivity (Wildman–Crippen MR) is 62.5 cm³/mol. The van der Waals surface area contributed by atoms with Crippen LogP contribution in [0.15, 0.2) is 0 Å². The molecular formula is C12H20N2O3. The molecule has 2 atom stereocenters. The van der Waals surface area contributed by atoms with Gasteiger partial charge in [0.2, 0.25) is 5.91 Å². The third kappa shape index (κ3) is 2.60. The Bertz CT molecular complexity index is 313. The van der Waals surface area contributed by atoms with E-state index in [-0.39, 0.29) is 23.7 Å². The highest BCUT2D eigenvalue weighted by molar-refractivity contribution is 5.81. The van der Waals surface area contributed by atoms with E-state index in [1.54, 1.807) is 4.90 Å². The number of carbonyl (C=O) groups is 2. The zero-order valence-electron chi connectivity index (χ0n) is 10.2. The lowest BCUT2D eigenvalue weighted by molar-refractivity contribution is -0.142. The summed E-state index contributed by atoms with van der Waals surface area (Å²) in [6, 6.07) is 0. The molecule has 2 fully saturated rings. The van der Waals surface area contributed by atoms with Gasteiger partial charge in [-0.2, -0.15) is 0 Å². The first-order chi connectivity index (χ1) is 8.09. The summed E-state index contributed by atoms with van der Waals surface area (Å²) in [5.41, 5.74) is 0. The van der Waals surface area contributed by atoms with Crippen LogP contribution in [0.3, 0.4) is 0 Å². The molecule has 0 aromatic rings. The number of aliphatic carboxylic acids is 1. The van der Waals surface area contributed by atoms with Crippen LogP contribution in [0.5, 0.6) is 0 Å². The summed E-state index contributed by atoms with van der Waals surface area (Å²) < 4.78 is 0. The molecule has 0 aromatic heterocycles. The molecule has 1 amide bonds. The lowest BCUT2D eigenvalue weighted by Crippen LogP contribution is -2.40. The Morgan fingerprint density at radius 3 is 2.41 bits per heavy atom. The van der Waals surface area contributed by atoms with E-state index in [9.17, 15) is 9.59 Å². The van der Waals surface area contributed by atoms with Gasteiger partial charge < -0.3 is 15.3 Å². The number of hydrogen-bond acceptors (Lipinski definition) is 3. The molecule has 2 rings (SSSR count). The first kappa shape index (κ1) is 12.4. The fourth-order valence-corrected chi connectivity index (χ4v) is 2.80. The fourth-order valence-electron chi connectivity index (χ4n) is 2.80. The number of likely N-dealkylation sites (tertiary alicyclic amines) is 1. The average molecular weight is 240 g/mol. The Hall–Kier alpha value is -1.10. The zero-order valence-corrected chi connectivity index (χ0v) is 10.2. The molecule has 2 N–H and O–H groups in total. The van der Waals surface area contributed by atoms with Crippen molar-refractivity contribution in [1.82, 2.24) is 10.2 Å². The van der Waals surface area contributed by atoms with Gasteiger partial charge in [0.15, 0.2) is 0 Å². The van der Waals surface area contributed by atoms with Crippen molar-refractivity contribution in [3.63, 3.8) is 0 Å². The number of hydrogen-bond donors (Lipinski definition) is 2. The molecular weight excluding hydrogens is 220 g/mol. The van der Waals surface area contributed by atoms with E-state index >= 15 is 0 Å². The van der Waals surface area contributed by atoms with Gasteiger partial charge in [-0.05, 0) is 31.8 Å². The zero-order chi connectivity index (χ0) is 12.4. The SMILES string of the molecule is C[C@@H]1CN(C(=O)C2CCNCC2)C[C@H]1C(=O)O. The van der Waals surface area contributed by atoms with Crippen LogP contribution in [-0.4, -0.2) is 48.1 Å². The molecule has 0 aromatic carbocycles. The topological polar surface area (TPSA) is 69.6 Å². The van der Waals surface area contributed by atoms with E-state index in [2.05, 4.69) is 5.32 Å². The number of rotatable bonds is 2. The van der Waals surface area contributed by atoms with Crippen molar-refractivity contribution in [2.75, 3.05) is 26.2 Å². The number of carboxylic acids is 1. The van der Waals surface area contributed by atoms with Crippen molar-refractivity contribution in [2.45, 2.75) is 19.8 Å². The van der Waals surface area contributed by atoms with Gasteiger partial charge in [0, 0.05) is 19.0 Å². The van der Waals surface area contributed by atoms with Crippen molar-refractivity contribution in [1.29, 1.82) is 0 Å². The Morgan fingerprint density at radius 1 is 1.24 bits per heavy atom. The van der Waals surface area contributed by atoms with Crippen molar-refractivity contribution >= 4 is 11.9 Å². The van der Waals surface area contributed by atoms with Crippen molar-refractivity contribution in [3.05, 3.63) is 0 Å². The number of carboxylic acid groups (broad SMARTS) is 1. The molecule has 0 radical (unpaired) electrons. The second-order valence-corrected chi connectivity index (χ2v) is 5.19. The van der Waals surface area contributed by atoms with Crippen molar-refractivity contribution in [3.8, 4) is 0 Å². The summed E-state index contributed by atoms with van der Waals surface area (Å²) in [6.07, 6.45) is 1.75. The van der Waals surface area contributed by atoms with Gasteiger partial charge in [0.05, 0.1) is 5.92 Å². The number of nitrogens with zero attached hydrogens (tertiary/aromatic N) is 1. The standard InChI is InChI=1S/C12H20N2O3/c1-8-6-14(7-10(8)12(16)17)11(15)9-2-4-13-5-3-9/h8-10,13H,2-7H2,1H3,(H,16,17)/t8-,10-/m1/s1. The van der Waals surface area contributed by atoms with Gasteiger partial charge in [0.1, 0.15) is 0 Å². The number of carbonyl (C=O) groups excluding carboxylic acids is 1. The van der Waals surface area contributed by atoms with Crippen molar-refractivity contribution in [2.24, 2.45) is 17.8 Å². The van der Waals surface area contributed by atoms with E-state index in [1.807, 2.05) is 6.92 Å². The maximum absolute atomic E-state index is 12.2. The van der Waals surface area contributed by atoms with Gasteiger partial charge in [0.25, 0.3) is 0 Å². The summed E-state index contributed by atoms with van der Waals surface area (Å²) in [5, 5.41) is 12.3. The summed E-state index contributed by atoms with van der Waals surface area (Å²) in [7, 11) is 0. The largest absolute Gasteiger partial charge is 0.481 e. The highest BCUT2D eigenvalue weighted by atomic mass is 16.4. The molecule has 2 saturated heterocycles. The van der Waals surface area contributed by atoms with Crippen LogP contribution in [0, 0.1) is 17.8 Å². The molecule has 2 aliphatic rings. The van der Waals surface area contributed by atoms with E-state index < -0.39 is 5.97 Å². The normalized spacial score (nSPS) is 30.5. The fraction of sp³-hybridized carbons (Fsp3) is 0.833. The molecule has 96 valence electrons. The van der Waals surface area contributed by atoms with Crippen molar-refractivity contribution < 1.29 is 14.7 Å². The molecule has 2 aliphatic heterocycles. The molecule has 0 saturated carbocycles. The van der Waals surface area contributed by atoms with Crippen LogP contribution in [0.4, 0.5) is 0 Å². The molecule has 5 heteroatoms. The Kier molecular flexibility index (Phi) is 3.66. The van der Waals surface area contributed by atoms with E-state index in [1.165, 1.54) is 0 Å². The first-order valence-electron chi connectivity index (χ1n) is 6.32. The number of nitrogens with one attached hydrogen (secondary N) is 1. The van der Waals surface area contributed by atoms with Crippen LogP contribution in [0.2, 0.25) is 0 Å². The smallest absolute Gasteiger partial charge is 0.308 e. The van der Waals surface area contributed by atoms with E-state index in [4.69, 9.17) is 5.11 Å². The predicted octanol–water partition coefficient (Wildman–Crippen LogP) is 0.165. The van der Waals surface area contributed by atoms with Gasteiger partial charge >= 0.3 is 5.97 Å². The highest BCUT2D eigenvalue weighted by Gasteiger charge is 2.38. The summed E-state index contributed by atoms with van der Waals surface area (Å²) in [4.78, 5) is 25.0. The van der Waals surface area contributed by atoms with Gasteiger partial charge in [-0.15, -0.1) is 0 Å². The van der Waals surface area contributed by atoms with Gasteiger partial charge in [-0.3, -0.25) is 9.59 Å². The molecule has 0 aliphatic carbocycles. The third-order valence-corrected chi connectivity index (χ3v) is 3.93. The van der Waals surface area contributed by atoms with E-state index in [0.717, 1.165) is 25.9 Å². The summed E-state index contributed by atoms with van der Waals surface area (Å²) in [6.45, 7) is 4.68. The van der Waals surface area contributed by atoms with Crippen LogP contribution in [-0.2, 0) is 9.59 Å². The number of amides is 1. The monoisotopic (exact) mass is 240 g/mol. The van der Waals surface area contributed by atoms with E-state index in [0.29, 0.717) is 13.1 Å². The highest BCUT2D eigenvalue weighted by Crippen LogP contribution is 2.26. The first-order valence-corrected chi connectivity index (χ1v) is 6.32. The minimum absolute atomic E-state index is 0.0677. The second kappa shape index (κ2) is 5.04. The summed E-state index contributed by atoms with van der Waals surface area (Å²) >= 11 is 0. The minimum atomic E-state index is -0.780. The second-order valence-electron chi connectivity index (χ2n) is 5.19. The lowest BCUT2D eigenvalue weighted by Gasteiger charge is -2.26. The lowest BCUT2D eigenvalue weighted by atomic mass is 9.97. The summed E-state index contributed by atoms with van der Waals surface area (Å²) in [5.74, 6) is -0.852. The van der Waals surface area contributed by atoms with Gasteiger partial charge in [-0.25, -0.2) is 0 Å². The molecule has 17 heavy (non-hydrogen) atoms. The molecule has 5 nitrogen and oxygen atoms in total. The Balaban J connectivity index is 1.94. The maximum Gasteiger partial charge on any atom is 0.308 e. The van der Waals surface area contributed by atoms with Crippen LogP contribution >= 0.6 is 0 Å². The van der Waals surface area contributed by atoms with Gasteiger partial charge in [-0.1, -0.05) is 6.92 Å². The van der Waals surface area contributed by atoms with Crippen LogP contribution < -0.4 is 5.32 Å². The Labute approximate surface area is 101 Å². The molecule has 0 spiro atoms. The van der Waals surface area contributed by atoms with Crippen LogP contribution in [0.1, 0.15) is 19.8 Å². The molecule has 0 bridgehead atoms. The average Bonchev–Trinajstić information content (AvgIpc) is 2.71. The quantitative estimate of drug-likeness (QED) is 0.721. The van der Waals surface area contributed by atoms with Crippen LogP contribution in [0.25, 0.3) is 0 Å². The Morgan fingerprint density at radius 2 is 1.88 bits per heavy atom. The minimum Gasteiger partial charge on any atom is -0.481 e. The molecule has 0 unspecified atom stereocenters. The number of piperidine rings is 1.